The van der Waals surface area contributed by atoms with Gasteiger partial charge in [0.1, 0.15) is 5.60 Å². The van der Waals surface area contributed by atoms with Gasteiger partial charge >= 0.3 is 17.8 Å². The van der Waals surface area contributed by atoms with Crippen molar-refractivity contribution in [1.82, 2.24) is 0 Å². The smallest absolute Gasteiger partial charge is 0.439 e. The summed E-state index contributed by atoms with van der Waals surface area (Å²) in [6.45, 7) is 3.07. The van der Waals surface area contributed by atoms with Gasteiger partial charge in [-0.25, -0.2) is 18.0 Å². The lowest BCUT2D eigenvalue weighted by atomic mass is 9.98. The maximum atomic E-state index is 13.4. The maximum Gasteiger partial charge on any atom is 0.439 e. The number of halogens is 6. The number of carbonyl (C=O) groups excluding carboxylic acids is 1. The van der Waals surface area contributed by atoms with Crippen LogP contribution in [0.15, 0.2) is 0 Å². The Morgan fingerprint density at radius 1 is 0.882 bits per heavy atom. The van der Waals surface area contributed by atoms with Gasteiger partial charge in [0.2, 0.25) is 0 Å². The van der Waals surface area contributed by atoms with Gasteiger partial charge in [0.15, 0.2) is 0 Å². The molecule has 0 spiro atoms. The normalized spacial score (nSPS) is 17.5. The van der Waals surface area contributed by atoms with Gasteiger partial charge in [-0.15, -0.1) is 0 Å². The zero-order chi connectivity index (χ0) is 14.3. The van der Waals surface area contributed by atoms with Crippen LogP contribution in [0, 0.1) is 0 Å². The number of hydrogen-bond donors (Lipinski definition) is 0. The van der Waals surface area contributed by atoms with E-state index in [1.807, 2.05) is 0 Å². The fourth-order valence-electron chi connectivity index (χ4n) is 0.892. The van der Waals surface area contributed by atoms with E-state index in [0.717, 1.165) is 20.8 Å². The van der Waals surface area contributed by atoms with Gasteiger partial charge in [0.25, 0.3) is 5.92 Å². The van der Waals surface area contributed by atoms with E-state index in [0.29, 0.717) is 0 Å². The van der Waals surface area contributed by atoms with Crippen LogP contribution >= 0.6 is 0 Å². The molecule has 0 aromatic rings. The molecule has 0 rings (SSSR count). The van der Waals surface area contributed by atoms with Gasteiger partial charge in [-0.1, -0.05) is 0 Å². The van der Waals surface area contributed by atoms with E-state index in [4.69, 9.17) is 0 Å². The Kier molecular flexibility index (Phi) is 3.83. The molecule has 0 heterocycles. The predicted molar refractivity (Wildman–Crippen MR) is 46.4 cm³/mol. The van der Waals surface area contributed by atoms with Gasteiger partial charge in [-0.05, 0) is 20.8 Å². The highest BCUT2D eigenvalue weighted by Gasteiger charge is 2.75. The number of hydrogen-bond acceptors (Lipinski definition) is 2. The van der Waals surface area contributed by atoms with Gasteiger partial charge in [-0.3, -0.25) is 0 Å². The minimum Gasteiger partial charge on any atom is -0.457 e. The maximum absolute atomic E-state index is 13.4. The van der Waals surface area contributed by atoms with Crippen molar-refractivity contribution in [3.8, 4) is 0 Å². The minimum atomic E-state index is -6.06. The van der Waals surface area contributed by atoms with Gasteiger partial charge in [-0.2, -0.15) is 13.2 Å². The van der Waals surface area contributed by atoms with Crippen LogP contribution in [0.25, 0.3) is 0 Å². The second-order valence-electron chi connectivity index (χ2n) is 4.55. The van der Waals surface area contributed by atoms with Crippen molar-refractivity contribution in [3.63, 3.8) is 0 Å². The molecule has 0 aliphatic carbocycles. The fourth-order valence-corrected chi connectivity index (χ4v) is 0.892. The first-order chi connectivity index (χ1) is 7.13. The molecule has 1 atom stereocenters. The van der Waals surface area contributed by atoms with E-state index in [2.05, 4.69) is 4.74 Å². The molecule has 0 fully saturated rings. The zero-order valence-electron chi connectivity index (χ0n) is 9.58. The van der Waals surface area contributed by atoms with Crippen LogP contribution in [0.3, 0.4) is 0 Å². The molecule has 0 bridgehead atoms. The van der Waals surface area contributed by atoms with Crippen LogP contribution in [0.5, 0.6) is 0 Å². The molecule has 0 saturated carbocycles. The van der Waals surface area contributed by atoms with Crippen LogP contribution in [0.4, 0.5) is 26.3 Å². The summed E-state index contributed by atoms with van der Waals surface area (Å²) in [5.74, 6) is -7.59. The van der Waals surface area contributed by atoms with E-state index in [-0.39, 0.29) is 6.92 Å². The van der Waals surface area contributed by atoms with E-state index >= 15 is 0 Å². The fraction of sp³-hybridized carbons (Fsp3) is 0.889. The molecule has 0 saturated heterocycles. The number of rotatable bonds is 2. The van der Waals surface area contributed by atoms with Crippen molar-refractivity contribution in [2.24, 2.45) is 0 Å². The van der Waals surface area contributed by atoms with E-state index in [9.17, 15) is 31.1 Å². The molecule has 1 unspecified atom stereocenters. The second kappa shape index (κ2) is 4.06. The average molecular weight is 266 g/mol. The van der Waals surface area contributed by atoms with Crippen LogP contribution in [0.2, 0.25) is 0 Å². The summed E-state index contributed by atoms with van der Waals surface area (Å²) in [6.07, 6.45) is -6.06. The molecule has 0 aliphatic heterocycles. The summed E-state index contributed by atoms with van der Waals surface area (Å²) in [4.78, 5) is 11.0. The highest BCUT2D eigenvalue weighted by molar-refractivity contribution is 5.82. The lowest BCUT2D eigenvalue weighted by molar-refractivity contribution is -0.296. The van der Waals surface area contributed by atoms with Crippen molar-refractivity contribution in [2.45, 2.75) is 51.1 Å². The predicted octanol–water partition coefficient (Wildman–Crippen LogP) is 3.25. The molecule has 0 amide bonds. The highest BCUT2D eigenvalue weighted by atomic mass is 19.4. The topological polar surface area (TPSA) is 26.3 Å². The number of alkyl halides is 6. The Morgan fingerprint density at radius 3 is 1.41 bits per heavy atom. The Balaban J connectivity index is 5.46. The summed E-state index contributed by atoms with van der Waals surface area (Å²) in [7, 11) is 0. The van der Waals surface area contributed by atoms with Gasteiger partial charge in [0, 0.05) is 6.92 Å². The quantitative estimate of drug-likeness (QED) is 0.566. The van der Waals surface area contributed by atoms with Crippen molar-refractivity contribution in [1.29, 1.82) is 0 Å². The standard InChI is InChI=1S/C9H12F6O2/c1-6(2,3)17-5(16)8(12,7(4,10)11)9(13,14)15/h1-4H3. The molecule has 0 radical (unpaired) electrons. The second-order valence-corrected chi connectivity index (χ2v) is 4.55. The third kappa shape index (κ3) is 3.26. The van der Waals surface area contributed by atoms with Gasteiger partial charge in [0.05, 0.1) is 0 Å². The lowest BCUT2D eigenvalue weighted by Gasteiger charge is -2.33. The van der Waals surface area contributed by atoms with Crippen LogP contribution in [0.1, 0.15) is 27.7 Å². The first kappa shape index (κ1) is 16.1. The summed E-state index contributed by atoms with van der Waals surface area (Å²) in [5, 5.41) is 0. The van der Waals surface area contributed by atoms with Crippen LogP contribution < -0.4 is 0 Å². The molecule has 0 N–H and O–H groups in total. The van der Waals surface area contributed by atoms with Crippen molar-refractivity contribution >= 4 is 5.97 Å². The molecule has 0 aliphatic rings. The van der Waals surface area contributed by atoms with Crippen LogP contribution in [-0.4, -0.2) is 29.3 Å². The zero-order valence-corrected chi connectivity index (χ0v) is 9.58. The molecule has 8 heteroatoms. The number of ether oxygens (including phenoxy) is 1. The first-order valence-electron chi connectivity index (χ1n) is 4.50. The SMILES string of the molecule is CC(C)(C)OC(=O)C(F)(C(C)(F)F)C(F)(F)F. The Bertz CT molecular complexity index is 282. The molecule has 102 valence electrons. The Morgan fingerprint density at radius 2 is 1.24 bits per heavy atom. The van der Waals surface area contributed by atoms with E-state index in [1.54, 1.807) is 0 Å². The first-order valence-corrected chi connectivity index (χ1v) is 4.50. The number of esters is 1. The molecule has 2 nitrogen and oxygen atoms in total. The van der Waals surface area contributed by atoms with E-state index in [1.165, 1.54) is 0 Å². The van der Waals surface area contributed by atoms with Crippen molar-refractivity contribution in [2.75, 3.05) is 0 Å². The van der Waals surface area contributed by atoms with Crippen LogP contribution in [-0.2, 0) is 9.53 Å². The largest absolute Gasteiger partial charge is 0.457 e. The summed E-state index contributed by atoms with van der Waals surface area (Å²) in [5.41, 5.74) is -6.86. The summed E-state index contributed by atoms with van der Waals surface area (Å²) >= 11 is 0. The summed E-state index contributed by atoms with van der Waals surface area (Å²) in [6, 6.07) is 0. The van der Waals surface area contributed by atoms with E-state index < -0.39 is 29.3 Å². The summed E-state index contributed by atoms with van der Waals surface area (Å²) < 4.78 is 79.6. The lowest BCUT2D eigenvalue weighted by Crippen LogP contribution is -2.61. The minimum absolute atomic E-state index is 0.329. The Labute approximate surface area is 93.9 Å². The van der Waals surface area contributed by atoms with Crippen molar-refractivity contribution < 1.29 is 35.9 Å². The third-order valence-corrected chi connectivity index (χ3v) is 1.68. The third-order valence-electron chi connectivity index (χ3n) is 1.68. The van der Waals surface area contributed by atoms with Gasteiger partial charge < -0.3 is 4.74 Å². The Hall–Kier alpha value is -0.950. The molecule has 0 aromatic heterocycles. The monoisotopic (exact) mass is 266 g/mol. The molecule has 0 aromatic carbocycles. The molecular formula is C9H12F6O2. The molecular weight excluding hydrogens is 254 g/mol. The molecule has 17 heavy (non-hydrogen) atoms. The highest BCUT2D eigenvalue weighted by Crippen LogP contribution is 2.46. The van der Waals surface area contributed by atoms with Crippen molar-refractivity contribution in [3.05, 3.63) is 0 Å². The number of carbonyl (C=O) groups is 1. The average Bonchev–Trinajstić information content (AvgIpc) is 1.94.